The summed E-state index contributed by atoms with van der Waals surface area (Å²) in [4.78, 5) is 19.7. The van der Waals surface area contributed by atoms with Crippen molar-refractivity contribution < 1.29 is 23.6 Å². The van der Waals surface area contributed by atoms with Crippen molar-refractivity contribution in [2.24, 2.45) is 0 Å². The Morgan fingerprint density at radius 1 is 1.21 bits per heavy atom. The quantitative estimate of drug-likeness (QED) is 0.409. The van der Waals surface area contributed by atoms with Crippen molar-refractivity contribution in [3.63, 3.8) is 0 Å². The zero-order chi connectivity index (χ0) is 25.5. The molecule has 1 amide bonds. The fourth-order valence-electron chi connectivity index (χ4n) is 4.01. The lowest BCUT2D eigenvalue weighted by Crippen LogP contribution is -2.41. The molecule has 2 aliphatic heterocycles. The summed E-state index contributed by atoms with van der Waals surface area (Å²) in [5.41, 5.74) is -0.747. The third-order valence-electron chi connectivity index (χ3n) is 6.73. The van der Waals surface area contributed by atoms with Crippen LogP contribution in [0.4, 0.5) is 4.79 Å². The Morgan fingerprint density at radius 3 is 2.38 bits per heavy atom. The average Bonchev–Trinajstić information content (AvgIpc) is 3.33. The van der Waals surface area contributed by atoms with Crippen LogP contribution >= 0.6 is 0 Å². The number of likely N-dealkylation sites (tertiary alicyclic amines) is 1. The van der Waals surface area contributed by atoms with Gasteiger partial charge in [0, 0.05) is 27.4 Å². The number of carbonyl (C=O) groups excluding carboxylic acids is 1. The van der Waals surface area contributed by atoms with E-state index in [-0.39, 0.29) is 12.1 Å². The van der Waals surface area contributed by atoms with Gasteiger partial charge in [-0.15, -0.1) is 0 Å². The van der Waals surface area contributed by atoms with Gasteiger partial charge in [-0.3, -0.25) is 4.90 Å². The second kappa shape index (κ2) is 9.60. The molecule has 3 heterocycles. The number of amides is 1. The molecule has 0 unspecified atom stereocenters. The van der Waals surface area contributed by atoms with Crippen LogP contribution in [0.5, 0.6) is 0 Å². The van der Waals surface area contributed by atoms with E-state index in [0.717, 1.165) is 24.7 Å². The van der Waals surface area contributed by atoms with Crippen LogP contribution in [0.3, 0.4) is 0 Å². The number of ether oxygens (including phenoxy) is 2. The zero-order valence-electron chi connectivity index (χ0n) is 22.9. The Kier molecular flexibility index (Phi) is 7.69. The van der Waals surface area contributed by atoms with Crippen LogP contribution in [-0.2, 0) is 25.5 Å². The maximum Gasteiger partial charge on any atom is 0.516 e. The third-order valence-corrected chi connectivity index (χ3v) is 8.43. The Hall–Kier alpha value is -1.36. The van der Waals surface area contributed by atoms with E-state index in [1.807, 2.05) is 59.2 Å². The topological polar surface area (TPSA) is 75.0 Å². The molecule has 0 saturated carbocycles. The Balaban J connectivity index is 1.86. The van der Waals surface area contributed by atoms with Crippen molar-refractivity contribution in [1.29, 1.82) is 0 Å². The average molecular weight is 494 g/mol. The smallest absolute Gasteiger partial charge is 0.444 e. The lowest BCUT2D eigenvalue weighted by atomic mass is 9.86. The van der Waals surface area contributed by atoms with Gasteiger partial charge in [0.2, 0.25) is 0 Å². The van der Waals surface area contributed by atoms with Gasteiger partial charge in [0.15, 0.2) is 0 Å². The maximum absolute atomic E-state index is 13.0. The summed E-state index contributed by atoms with van der Waals surface area (Å²) in [7, 11) is -1.76. The molecule has 0 aromatic carbocycles. The van der Waals surface area contributed by atoms with Gasteiger partial charge in [-0.25, -0.2) is 9.78 Å². The predicted molar refractivity (Wildman–Crippen MR) is 137 cm³/mol. The van der Waals surface area contributed by atoms with E-state index in [9.17, 15) is 4.79 Å². The highest BCUT2D eigenvalue weighted by atomic mass is 28.3. The molecule has 0 spiro atoms. The Labute approximate surface area is 206 Å². The van der Waals surface area contributed by atoms with Crippen molar-refractivity contribution in [1.82, 2.24) is 14.5 Å². The molecule has 34 heavy (non-hydrogen) atoms. The molecule has 3 rings (SSSR count). The molecule has 2 fully saturated rings. The van der Waals surface area contributed by atoms with Crippen LogP contribution in [-0.4, -0.2) is 65.7 Å². The lowest BCUT2D eigenvalue weighted by Gasteiger charge is -2.32. The van der Waals surface area contributed by atoms with Crippen molar-refractivity contribution in [2.45, 2.75) is 117 Å². The van der Waals surface area contributed by atoms with E-state index in [1.54, 1.807) is 4.90 Å². The Bertz CT molecular complexity index is 859. The van der Waals surface area contributed by atoms with E-state index in [2.05, 4.69) is 19.6 Å². The maximum atomic E-state index is 13.0. The molecule has 1 atom stereocenters. The molecule has 8 nitrogen and oxygen atoms in total. The van der Waals surface area contributed by atoms with E-state index >= 15 is 0 Å². The number of nitrogens with zero attached hydrogens (tertiary/aromatic N) is 3. The van der Waals surface area contributed by atoms with Gasteiger partial charge in [-0.05, 0) is 67.4 Å². The molecule has 0 bridgehead atoms. The number of aromatic nitrogens is 2. The molecule has 1 aromatic heterocycles. The fourth-order valence-corrected chi connectivity index (χ4v) is 4.77. The summed E-state index contributed by atoms with van der Waals surface area (Å²) < 4.78 is 26.3. The van der Waals surface area contributed by atoms with Crippen LogP contribution in [0.25, 0.3) is 0 Å². The summed E-state index contributed by atoms with van der Waals surface area (Å²) in [6, 6.07) is 0.917. The normalized spacial score (nSPS) is 22.5. The summed E-state index contributed by atoms with van der Waals surface area (Å²) >= 11 is 0. The molecule has 2 aliphatic rings. The molecule has 10 heteroatoms. The first-order valence-electron chi connectivity index (χ1n) is 12.5. The van der Waals surface area contributed by atoms with Gasteiger partial charge < -0.3 is 23.3 Å². The fraction of sp³-hybridized carbons (Fsp3) is 0.833. The van der Waals surface area contributed by atoms with Gasteiger partial charge in [0.05, 0.1) is 22.8 Å². The monoisotopic (exact) mass is 493 g/mol. The third kappa shape index (κ3) is 6.44. The minimum Gasteiger partial charge on any atom is -0.444 e. The molecule has 2 saturated heterocycles. The van der Waals surface area contributed by atoms with Crippen molar-refractivity contribution in [3.8, 4) is 0 Å². The SMILES string of the molecule is CC(C)(C)OC(=O)N1CCC[C@H]1c1nc(B2OC(C)(C)C(C)(C)O2)cn1COCC[Si](C)(C)C. The molecule has 1 aromatic rings. The predicted octanol–water partition coefficient (Wildman–Crippen LogP) is 4.57. The second-order valence-electron chi connectivity index (χ2n) is 12.8. The first kappa shape index (κ1) is 27.2. The Morgan fingerprint density at radius 2 is 1.82 bits per heavy atom. The highest BCUT2D eigenvalue weighted by molar-refractivity contribution is 6.76. The summed E-state index contributed by atoms with van der Waals surface area (Å²) in [6.45, 7) is 22.6. The molecular weight excluding hydrogens is 449 g/mol. The highest BCUT2D eigenvalue weighted by Gasteiger charge is 2.53. The number of hydrogen-bond acceptors (Lipinski definition) is 6. The standard InChI is InChI=1S/C24H44BN3O5Si/c1-22(2,3)31-21(29)28-13-11-12-18(28)20-26-19(25-32-23(4,5)24(6,7)33-25)16-27(20)17-30-14-15-34(8,9)10/h16,18H,11-15,17H2,1-10H3/t18-/m0/s1. The molecule has 0 aliphatic carbocycles. The number of hydrogen-bond donors (Lipinski definition) is 0. The van der Waals surface area contributed by atoms with Crippen LogP contribution in [0.1, 0.15) is 73.2 Å². The number of imidazole rings is 1. The molecule has 192 valence electrons. The van der Waals surface area contributed by atoms with Crippen LogP contribution in [0.15, 0.2) is 6.20 Å². The second-order valence-corrected chi connectivity index (χ2v) is 18.4. The first-order valence-corrected chi connectivity index (χ1v) is 16.2. The zero-order valence-corrected chi connectivity index (χ0v) is 23.9. The molecule has 0 N–H and O–H groups in total. The minimum absolute atomic E-state index is 0.174. The number of rotatable bonds is 7. The highest BCUT2D eigenvalue weighted by Crippen LogP contribution is 2.37. The van der Waals surface area contributed by atoms with E-state index in [0.29, 0.717) is 25.5 Å². The van der Waals surface area contributed by atoms with Crippen LogP contribution in [0, 0.1) is 0 Å². The lowest BCUT2D eigenvalue weighted by molar-refractivity contribution is 0.00578. The van der Waals surface area contributed by atoms with E-state index in [4.69, 9.17) is 23.8 Å². The molecule has 0 radical (unpaired) electrons. The minimum atomic E-state index is -1.19. The van der Waals surface area contributed by atoms with Gasteiger partial charge in [-0.2, -0.15) is 0 Å². The van der Waals surface area contributed by atoms with Gasteiger partial charge in [-0.1, -0.05) is 19.6 Å². The van der Waals surface area contributed by atoms with Gasteiger partial charge in [0.25, 0.3) is 0 Å². The largest absolute Gasteiger partial charge is 0.516 e. The van der Waals surface area contributed by atoms with Crippen LogP contribution < -0.4 is 5.59 Å². The van der Waals surface area contributed by atoms with Crippen molar-refractivity contribution >= 4 is 26.9 Å². The summed E-state index contributed by atoms with van der Waals surface area (Å²) in [6.07, 6.45) is 3.38. The van der Waals surface area contributed by atoms with E-state index in [1.165, 1.54) is 0 Å². The molecular formula is C24H44BN3O5Si. The van der Waals surface area contributed by atoms with Gasteiger partial charge in [0.1, 0.15) is 18.2 Å². The van der Waals surface area contributed by atoms with Gasteiger partial charge >= 0.3 is 13.2 Å². The van der Waals surface area contributed by atoms with Crippen molar-refractivity contribution in [2.75, 3.05) is 13.2 Å². The van der Waals surface area contributed by atoms with E-state index < -0.39 is 32.0 Å². The van der Waals surface area contributed by atoms with Crippen molar-refractivity contribution in [3.05, 3.63) is 12.0 Å². The van der Waals surface area contributed by atoms with Crippen LogP contribution in [0.2, 0.25) is 25.7 Å². The number of carbonyl (C=O) groups is 1. The summed E-state index contributed by atoms with van der Waals surface area (Å²) in [5, 5.41) is 0. The summed E-state index contributed by atoms with van der Waals surface area (Å²) in [5.74, 6) is 0.793. The first-order chi connectivity index (χ1) is 15.5.